The molecule has 2 heterocycles. The molecule has 2 aromatic rings. The van der Waals surface area contributed by atoms with Gasteiger partial charge in [0.15, 0.2) is 0 Å². The van der Waals surface area contributed by atoms with Crippen molar-refractivity contribution in [2.24, 2.45) is 0 Å². The molecule has 1 aliphatic heterocycles. The molecule has 1 saturated heterocycles. The van der Waals surface area contributed by atoms with Gasteiger partial charge in [-0.15, -0.1) is 0 Å². The van der Waals surface area contributed by atoms with E-state index in [4.69, 9.17) is 4.74 Å². The number of aromatic hydroxyl groups is 1. The van der Waals surface area contributed by atoms with Crippen molar-refractivity contribution in [2.45, 2.75) is 44.4 Å². The zero-order valence-corrected chi connectivity index (χ0v) is 13.1. The second-order valence-electron chi connectivity index (χ2n) is 6.34. The fraction of sp³-hybridized carbons (Fsp3) is 0.529. The molecule has 0 radical (unpaired) electrons. The van der Waals surface area contributed by atoms with Crippen molar-refractivity contribution >= 4 is 0 Å². The third-order valence-electron chi connectivity index (χ3n) is 4.94. The van der Waals surface area contributed by atoms with E-state index in [1.807, 2.05) is 30.3 Å². The molecule has 0 unspecified atom stereocenters. The summed E-state index contributed by atoms with van der Waals surface area (Å²) in [7, 11) is 0. The number of rotatable bonds is 3. The van der Waals surface area contributed by atoms with Crippen molar-refractivity contribution in [3.05, 3.63) is 36.0 Å². The Morgan fingerprint density at radius 1 is 1.17 bits per heavy atom. The highest BCUT2D eigenvalue weighted by Crippen LogP contribution is 2.30. The van der Waals surface area contributed by atoms with Crippen LogP contribution in [0.3, 0.4) is 0 Å². The molecule has 0 spiro atoms. The molecule has 1 aromatic heterocycles. The zero-order chi connectivity index (χ0) is 15.6. The van der Waals surface area contributed by atoms with Crippen molar-refractivity contribution in [3.8, 4) is 11.6 Å². The number of morpholine rings is 1. The Kier molecular flexibility index (Phi) is 4.01. The van der Waals surface area contributed by atoms with Gasteiger partial charge < -0.3 is 9.84 Å². The average Bonchev–Trinajstić information content (AvgIpc) is 2.97. The summed E-state index contributed by atoms with van der Waals surface area (Å²) < 4.78 is 7.67. The molecular weight excluding hydrogens is 292 g/mol. The highest BCUT2D eigenvalue weighted by Gasteiger charge is 2.35. The van der Waals surface area contributed by atoms with Crippen LogP contribution < -0.4 is 0 Å². The molecule has 2 fully saturated rings. The van der Waals surface area contributed by atoms with Crippen LogP contribution in [0.15, 0.2) is 30.3 Å². The van der Waals surface area contributed by atoms with Crippen molar-refractivity contribution in [1.82, 2.24) is 19.9 Å². The minimum atomic E-state index is 0.0210. The quantitative estimate of drug-likeness (QED) is 0.940. The van der Waals surface area contributed by atoms with E-state index in [1.165, 1.54) is 19.3 Å². The topological polar surface area (TPSA) is 63.4 Å². The Morgan fingerprint density at radius 2 is 2.00 bits per heavy atom. The standard InChI is InChI=1S/C17H22N4O2/c22-17-15(21(19-18-17)13-6-2-1-3-7-13)12-20-10-11-23-16-9-5-4-8-14(16)20/h1-3,6-7,14,16,22H,4-5,8-12H2/t14-,16-/m0/s1. The molecule has 23 heavy (non-hydrogen) atoms. The number of benzene rings is 1. The zero-order valence-electron chi connectivity index (χ0n) is 13.1. The Balaban J connectivity index is 1.60. The number of ether oxygens (including phenoxy) is 1. The lowest BCUT2D eigenvalue weighted by atomic mass is 9.90. The van der Waals surface area contributed by atoms with E-state index in [2.05, 4.69) is 15.2 Å². The summed E-state index contributed by atoms with van der Waals surface area (Å²) >= 11 is 0. The molecule has 1 aliphatic carbocycles. The summed E-state index contributed by atoms with van der Waals surface area (Å²) in [5.41, 5.74) is 1.67. The second-order valence-corrected chi connectivity index (χ2v) is 6.34. The van der Waals surface area contributed by atoms with Gasteiger partial charge >= 0.3 is 0 Å². The van der Waals surface area contributed by atoms with Crippen molar-refractivity contribution < 1.29 is 9.84 Å². The Morgan fingerprint density at radius 3 is 2.87 bits per heavy atom. The van der Waals surface area contributed by atoms with Gasteiger partial charge in [-0.1, -0.05) is 41.4 Å². The van der Waals surface area contributed by atoms with Gasteiger partial charge in [0, 0.05) is 19.1 Å². The molecular formula is C17H22N4O2. The van der Waals surface area contributed by atoms with E-state index < -0.39 is 0 Å². The van der Waals surface area contributed by atoms with Crippen LogP contribution in [-0.4, -0.2) is 50.3 Å². The molecule has 0 amide bonds. The summed E-state index contributed by atoms with van der Waals surface area (Å²) in [5, 5.41) is 18.2. The maximum absolute atomic E-state index is 10.2. The number of hydrogen-bond acceptors (Lipinski definition) is 5. The van der Waals surface area contributed by atoms with Crippen LogP contribution in [0.2, 0.25) is 0 Å². The van der Waals surface area contributed by atoms with Crippen LogP contribution in [0.1, 0.15) is 31.4 Å². The Bertz CT molecular complexity index is 656. The van der Waals surface area contributed by atoms with Gasteiger partial charge in [-0.2, -0.15) is 0 Å². The van der Waals surface area contributed by atoms with Crippen LogP contribution in [0, 0.1) is 0 Å². The first-order valence-electron chi connectivity index (χ1n) is 8.37. The smallest absolute Gasteiger partial charge is 0.256 e. The summed E-state index contributed by atoms with van der Waals surface area (Å²) in [6.45, 7) is 2.30. The fourth-order valence-corrected chi connectivity index (χ4v) is 3.77. The third kappa shape index (κ3) is 2.84. The van der Waals surface area contributed by atoms with Crippen molar-refractivity contribution in [1.29, 1.82) is 0 Å². The average molecular weight is 314 g/mol. The lowest BCUT2D eigenvalue weighted by molar-refractivity contribution is -0.0917. The summed E-state index contributed by atoms with van der Waals surface area (Å²) in [6.07, 6.45) is 5.15. The summed E-state index contributed by atoms with van der Waals surface area (Å²) in [6, 6.07) is 10.3. The van der Waals surface area contributed by atoms with Crippen molar-refractivity contribution in [3.63, 3.8) is 0 Å². The van der Waals surface area contributed by atoms with Gasteiger partial charge in [0.1, 0.15) is 5.69 Å². The molecule has 6 nitrogen and oxygen atoms in total. The Hall–Kier alpha value is -1.92. The van der Waals surface area contributed by atoms with Gasteiger partial charge in [0.2, 0.25) is 0 Å². The molecule has 0 bridgehead atoms. The predicted octanol–water partition coefficient (Wildman–Crippen LogP) is 2.12. The lowest BCUT2D eigenvalue weighted by Crippen LogP contribution is -2.52. The van der Waals surface area contributed by atoms with Crippen LogP contribution >= 0.6 is 0 Å². The molecule has 1 aromatic carbocycles. The summed E-state index contributed by atoms with van der Waals surface area (Å²) in [4.78, 5) is 2.42. The van der Waals surface area contributed by atoms with Gasteiger partial charge in [0.25, 0.3) is 5.88 Å². The molecule has 2 aliphatic rings. The lowest BCUT2D eigenvalue weighted by Gasteiger charge is -2.43. The normalized spacial score (nSPS) is 25.2. The van der Waals surface area contributed by atoms with Crippen molar-refractivity contribution in [2.75, 3.05) is 13.2 Å². The number of para-hydroxylation sites is 1. The molecule has 6 heteroatoms. The van der Waals surface area contributed by atoms with Crippen LogP contribution in [0.25, 0.3) is 5.69 Å². The first-order valence-corrected chi connectivity index (χ1v) is 8.37. The minimum Gasteiger partial charge on any atom is -0.491 e. The van der Waals surface area contributed by atoms with Gasteiger partial charge in [0.05, 0.1) is 18.4 Å². The van der Waals surface area contributed by atoms with E-state index in [0.29, 0.717) is 18.7 Å². The van der Waals surface area contributed by atoms with Crippen LogP contribution in [-0.2, 0) is 11.3 Å². The second kappa shape index (κ2) is 6.29. The van der Waals surface area contributed by atoms with Gasteiger partial charge in [-0.3, -0.25) is 4.90 Å². The van der Waals surface area contributed by atoms with Crippen LogP contribution in [0.5, 0.6) is 5.88 Å². The Labute approximate surface area is 135 Å². The van der Waals surface area contributed by atoms with E-state index >= 15 is 0 Å². The maximum atomic E-state index is 10.2. The highest BCUT2D eigenvalue weighted by atomic mass is 16.5. The maximum Gasteiger partial charge on any atom is 0.256 e. The first-order chi connectivity index (χ1) is 11.3. The number of aromatic nitrogens is 3. The molecule has 2 atom stereocenters. The number of nitrogens with zero attached hydrogens (tertiary/aromatic N) is 4. The molecule has 1 saturated carbocycles. The highest BCUT2D eigenvalue weighted by molar-refractivity contribution is 5.34. The number of hydrogen-bond donors (Lipinski definition) is 1. The monoisotopic (exact) mass is 314 g/mol. The fourth-order valence-electron chi connectivity index (χ4n) is 3.77. The molecule has 122 valence electrons. The third-order valence-corrected chi connectivity index (χ3v) is 4.94. The largest absolute Gasteiger partial charge is 0.491 e. The number of fused-ring (bicyclic) bond motifs is 1. The van der Waals surface area contributed by atoms with E-state index in [1.54, 1.807) is 4.68 Å². The van der Waals surface area contributed by atoms with E-state index in [9.17, 15) is 5.11 Å². The summed E-state index contributed by atoms with van der Waals surface area (Å²) in [5.74, 6) is 0.0210. The molecule has 4 rings (SSSR count). The van der Waals surface area contributed by atoms with E-state index in [-0.39, 0.29) is 5.88 Å². The van der Waals surface area contributed by atoms with E-state index in [0.717, 1.165) is 31.0 Å². The molecule has 1 N–H and O–H groups in total. The van der Waals surface area contributed by atoms with Gasteiger partial charge in [-0.25, -0.2) is 4.68 Å². The van der Waals surface area contributed by atoms with Crippen LogP contribution in [0.4, 0.5) is 0 Å². The predicted molar refractivity (Wildman–Crippen MR) is 85.4 cm³/mol. The van der Waals surface area contributed by atoms with Gasteiger partial charge in [-0.05, 0) is 25.0 Å². The first kappa shape index (κ1) is 14.7. The minimum absolute atomic E-state index is 0.0210. The SMILES string of the molecule is Oc1nnn(-c2ccccc2)c1CN1CCO[C@H]2CCCC[C@@H]21.